The van der Waals surface area contributed by atoms with Crippen LogP contribution in [0.15, 0.2) is 48.5 Å². The van der Waals surface area contributed by atoms with E-state index in [0.717, 1.165) is 12.0 Å². The lowest BCUT2D eigenvalue weighted by Gasteiger charge is -2.25. The summed E-state index contributed by atoms with van der Waals surface area (Å²) >= 11 is 0. The lowest BCUT2D eigenvalue weighted by molar-refractivity contribution is -0.119. The lowest BCUT2D eigenvalue weighted by Crippen LogP contribution is -2.47. The van der Waals surface area contributed by atoms with Crippen molar-refractivity contribution < 1.29 is 19.1 Å². The number of benzene rings is 2. The Morgan fingerprint density at radius 2 is 1.71 bits per heavy atom. The fraction of sp³-hybridized carbons (Fsp3) is 0.333. The molecule has 148 valence electrons. The minimum absolute atomic E-state index is 0.242. The molecule has 1 aliphatic heterocycles. The Kier molecular flexibility index (Phi) is 6.37. The smallest absolute Gasteiger partial charge is 0.318 e. The van der Waals surface area contributed by atoms with Gasteiger partial charge in [0.25, 0.3) is 0 Å². The number of para-hydroxylation sites is 1. The molecule has 2 N–H and O–H groups in total. The maximum absolute atomic E-state index is 12.9. The summed E-state index contributed by atoms with van der Waals surface area (Å²) in [5.74, 6) is 0.756. The van der Waals surface area contributed by atoms with Crippen molar-refractivity contribution in [3.8, 4) is 11.5 Å². The zero-order valence-electron chi connectivity index (χ0n) is 16.1. The number of amides is 3. The number of hydrogen-bond acceptors (Lipinski definition) is 4. The van der Waals surface area contributed by atoms with E-state index >= 15 is 0 Å². The number of hydrogen-bond donors (Lipinski definition) is 2. The Labute approximate surface area is 164 Å². The fourth-order valence-corrected chi connectivity index (χ4v) is 3.34. The van der Waals surface area contributed by atoms with Crippen LogP contribution in [0, 0.1) is 0 Å². The Morgan fingerprint density at radius 1 is 1.04 bits per heavy atom. The summed E-state index contributed by atoms with van der Waals surface area (Å²) in [6.07, 6.45) is 1.39. The van der Waals surface area contributed by atoms with E-state index in [1.54, 1.807) is 23.1 Å². The summed E-state index contributed by atoms with van der Waals surface area (Å²) in [6.45, 7) is 0.965. The topological polar surface area (TPSA) is 79.9 Å². The number of methoxy groups -OCH3 is 2. The highest BCUT2D eigenvalue weighted by Crippen LogP contribution is 2.34. The summed E-state index contributed by atoms with van der Waals surface area (Å²) in [4.78, 5) is 27.1. The Hall–Kier alpha value is -3.22. The first-order valence-electron chi connectivity index (χ1n) is 9.24. The standard InChI is InChI=1S/C21H25N3O4/c1-27-17-11-6-12-18(28-2)19(17)23-20(25)16-10-7-13-24(16)21(26)22-14-15-8-4-3-5-9-15/h3-6,8-9,11-12,16H,7,10,13-14H2,1-2H3,(H,22,26)(H,23,25)/t16-/m0/s1. The van der Waals surface area contributed by atoms with Crippen LogP contribution in [0.25, 0.3) is 0 Å². The predicted molar refractivity (Wildman–Crippen MR) is 107 cm³/mol. The molecule has 1 saturated heterocycles. The average Bonchev–Trinajstić information content (AvgIpc) is 3.23. The van der Waals surface area contributed by atoms with Crippen molar-refractivity contribution in [1.29, 1.82) is 0 Å². The van der Waals surface area contributed by atoms with Crippen LogP contribution in [0.4, 0.5) is 10.5 Å². The molecule has 1 fully saturated rings. The molecule has 0 aromatic heterocycles. The van der Waals surface area contributed by atoms with Crippen molar-refractivity contribution in [3.63, 3.8) is 0 Å². The van der Waals surface area contributed by atoms with Gasteiger partial charge in [0.15, 0.2) is 0 Å². The van der Waals surface area contributed by atoms with Crippen LogP contribution < -0.4 is 20.1 Å². The number of urea groups is 1. The second kappa shape index (κ2) is 9.12. The molecule has 0 aliphatic carbocycles. The number of carbonyl (C=O) groups is 2. The van der Waals surface area contributed by atoms with Gasteiger partial charge in [-0.2, -0.15) is 0 Å². The van der Waals surface area contributed by atoms with Crippen molar-refractivity contribution in [2.24, 2.45) is 0 Å². The molecule has 3 amide bonds. The molecule has 0 bridgehead atoms. The molecular weight excluding hydrogens is 358 g/mol. The average molecular weight is 383 g/mol. The summed E-state index contributed by atoms with van der Waals surface area (Å²) in [7, 11) is 3.06. The summed E-state index contributed by atoms with van der Waals surface area (Å²) in [5.41, 5.74) is 1.48. The van der Waals surface area contributed by atoms with Gasteiger partial charge in [0.05, 0.1) is 14.2 Å². The van der Waals surface area contributed by atoms with Gasteiger partial charge in [0.2, 0.25) is 5.91 Å². The second-order valence-corrected chi connectivity index (χ2v) is 6.52. The number of nitrogens with zero attached hydrogens (tertiary/aromatic N) is 1. The predicted octanol–water partition coefficient (Wildman–Crippen LogP) is 3.02. The Morgan fingerprint density at radius 3 is 2.36 bits per heavy atom. The maximum Gasteiger partial charge on any atom is 0.318 e. The monoisotopic (exact) mass is 383 g/mol. The Balaban J connectivity index is 1.67. The van der Waals surface area contributed by atoms with Gasteiger partial charge in [0, 0.05) is 13.1 Å². The van der Waals surface area contributed by atoms with E-state index < -0.39 is 6.04 Å². The number of rotatable bonds is 6. The Bertz CT molecular complexity index is 803. The highest BCUT2D eigenvalue weighted by atomic mass is 16.5. The molecule has 2 aromatic carbocycles. The minimum Gasteiger partial charge on any atom is -0.494 e. The molecule has 2 aromatic rings. The van der Waals surface area contributed by atoms with E-state index in [1.165, 1.54) is 14.2 Å². The molecule has 7 heteroatoms. The minimum atomic E-state index is -0.537. The second-order valence-electron chi connectivity index (χ2n) is 6.52. The van der Waals surface area contributed by atoms with E-state index in [9.17, 15) is 9.59 Å². The molecule has 1 atom stereocenters. The van der Waals surface area contributed by atoms with Crippen LogP contribution in [-0.4, -0.2) is 43.6 Å². The first-order valence-corrected chi connectivity index (χ1v) is 9.24. The van der Waals surface area contributed by atoms with Gasteiger partial charge in [0.1, 0.15) is 23.2 Å². The SMILES string of the molecule is COc1cccc(OC)c1NC(=O)[C@@H]1CCCN1C(=O)NCc1ccccc1. The van der Waals surface area contributed by atoms with E-state index in [0.29, 0.717) is 36.7 Å². The van der Waals surface area contributed by atoms with Crippen LogP contribution in [-0.2, 0) is 11.3 Å². The van der Waals surface area contributed by atoms with E-state index in [2.05, 4.69) is 10.6 Å². The molecule has 7 nitrogen and oxygen atoms in total. The van der Waals surface area contributed by atoms with Crippen LogP contribution in [0.5, 0.6) is 11.5 Å². The zero-order valence-corrected chi connectivity index (χ0v) is 16.1. The highest BCUT2D eigenvalue weighted by Gasteiger charge is 2.34. The first kappa shape index (κ1) is 19.5. The van der Waals surface area contributed by atoms with Gasteiger partial charge in [-0.15, -0.1) is 0 Å². The molecule has 1 aliphatic rings. The van der Waals surface area contributed by atoms with Gasteiger partial charge >= 0.3 is 6.03 Å². The maximum atomic E-state index is 12.9. The molecular formula is C21H25N3O4. The van der Waals surface area contributed by atoms with Crippen molar-refractivity contribution in [1.82, 2.24) is 10.2 Å². The van der Waals surface area contributed by atoms with E-state index in [1.807, 2.05) is 30.3 Å². The van der Waals surface area contributed by atoms with E-state index in [4.69, 9.17) is 9.47 Å². The largest absolute Gasteiger partial charge is 0.494 e. The van der Waals surface area contributed by atoms with Crippen molar-refractivity contribution in [2.75, 3.05) is 26.1 Å². The third-order valence-electron chi connectivity index (χ3n) is 4.78. The van der Waals surface area contributed by atoms with Crippen LogP contribution in [0.2, 0.25) is 0 Å². The van der Waals surface area contributed by atoms with Gasteiger partial charge in [-0.3, -0.25) is 4.79 Å². The summed E-state index contributed by atoms with van der Waals surface area (Å²) < 4.78 is 10.7. The molecule has 28 heavy (non-hydrogen) atoms. The number of carbonyl (C=O) groups excluding carboxylic acids is 2. The van der Waals surface area contributed by atoms with Crippen LogP contribution >= 0.6 is 0 Å². The molecule has 0 radical (unpaired) electrons. The molecule has 0 spiro atoms. The number of likely N-dealkylation sites (tertiary alicyclic amines) is 1. The van der Waals surface area contributed by atoms with Gasteiger partial charge < -0.3 is 25.0 Å². The zero-order chi connectivity index (χ0) is 19.9. The number of nitrogens with one attached hydrogen (secondary N) is 2. The summed E-state index contributed by atoms with van der Waals surface area (Å²) in [6, 6.07) is 14.2. The van der Waals surface area contributed by atoms with Crippen molar-refractivity contribution in [3.05, 3.63) is 54.1 Å². The molecule has 1 heterocycles. The quantitative estimate of drug-likeness (QED) is 0.804. The van der Waals surface area contributed by atoms with Crippen LogP contribution in [0.3, 0.4) is 0 Å². The number of anilines is 1. The molecule has 0 saturated carbocycles. The van der Waals surface area contributed by atoms with Gasteiger partial charge in [-0.05, 0) is 30.5 Å². The lowest BCUT2D eigenvalue weighted by atomic mass is 10.2. The van der Waals surface area contributed by atoms with Crippen molar-refractivity contribution >= 4 is 17.6 Å². The van der Waals surface area contributed by atoms with Gasteiger partial charge in [-0.25, -0.2) is 4.79 Å². The van der Waals surface area contributed by atoms with Gasteiger partial charge in [-0.1, -0.05) is 36.4 Å². The molecule has 3 rings (SSSR count). The van der Waals surface area contributed by atoms with E-state index in [-0.39, 0.29) is 11.9 Å². The third-order valence-corrected chi connectivity index (χ3v) is 4.78. The van der Waals surface area contributed by atoms with Crippen molar-refractivity contribution in [2.45, 2.75) is 25.4 Å². The number of ether oxygens (including phenoxy) is 2. The fourth-order valence-electron chi connectivity index (χ4n) is 3.34. The molecule has 0 unspecified atom stereocenters. The normalized spacial score (nSPS) is 15.8. The third kappa shape index (κ3) is 4.36. The summed E-state index contributed by atoms with van der Waals surface area (Å²) in [5, 5.41) is 5.76. The highest BCUT2D eigenvalue weighted by molar-refractivity contribution is 5.99. The first-order chi connectivity index (χ1) is 13.6. The van der Waals surface area contributed by atoms with Crippen LogP contribution in [0.1, 0.15) is 18.4 Å².